The molecule has 0 saturated carbocycles. The average Bonchev–Trinajstić information content (AvgIpc) is 3.01. The maximum atomic E-state index is 4.48. The molecule has 0 atom stereocenters. The summed E-state index contributed by atoms with van der Waals surface area (Å²) in [5, 5.41) is 5.52. The van der Waals surface area contributed by atoms with Gasteiger partial charge < -0.3 is 9.88 Å². The molecule has 3 aromatic rings. The van der Waals surface area contributed by atoms with Crippen LogP contribution >= 0.6 is 0 Å². The molecule has 6 heteroatoms. The summed E-state index contributed by atoms with van der Waals surface area (Å²) in [5.41, 5.74) is 3.11. The number of fused-ring (bicyclic) bond motifs is 1. The number of rotatable bonds is 4. The van der Waals surface area contributed by atoms with Crippen molar-refractivity contribution in [1.29, 1.82) is 0 Å². The van der Waals surface area contributed by atoms with Crippen LogP contribution in [0.15, 0.2) is 24.7 Å². The predicted octanol–water partition coefficient (Wildman–Crippen LogP) is 1.91. The van der Waals surface area contributed by atoms with Gasteiger partial charge in [0.2, 0.25) is 0 Å². The van der Waals surface area contributed by atoms with E-state index in [1.165, 1.54) is 5.69 Å². The van der Waals surface area contributed by atoms with Crippen molar-refractivity contribution in [3.8, 4) is 0 Å². The number of nitrogens with zero attached hydrogens (tertiary/aromatic N) is 5. The van der Waals surface area contributed by atoms with Crippen molar-refractivity contribution < 1.29 is 0 Å². The van der Waals surface area contributed by atoms with Crippen LogP contribution in [-0.4, -0.2) is 38.3 Å². The summed E-state index contributed by atoms with van der Waals surface area (Å²) in [4.78, 5) is 13.8. The van der Waals surface area contributed by atoms with Crippen molar-refractivity contribution in [3.05, 3.63) is 36.0 Å². The van der Waals surface area contributed by atoms with Crippen molar-refractivity contribution in [1.82, 2.24) is 24.7 Å². The Morgan fingerprint density at radius 3 is 2.90 bits per heavy atom. The fourth-order valence-electron chi connectivity index (χ4n) is 2.41. The van der Waals surface area contributed by atoms with Crippen LogP contribution in [0.25, 0.3) is 11.0 Å². The Labute approximate surface area is 117 Å². The SMILES string of the molecule is Cc1cc(C)n(CCN(C)c2ncnc3[nH]ccc23)n1. The Morgan fingerprint density at radius 1 is 1.30 bits per heavy atom. The Hall–Kier alpha value is -2.37. The molecule has 0 aliphatic carbocycles. The van der Waals surface area contributed by atoms with E-state index in [2.05, 4.69) is 37.9 Å². The molecule has 0 unspecified atom stereocenters. The first kappa shape index (κ1) is 12.7. The quantitative estimate of drug-likeness (QED) is 0.786. The first-order valence-corrected chi connectivity index (χ1v) is 6.65. The van der Waals surface area contributed by atoms with Crippen LogP contribution < -0.4 is 4.90 Å². The van der Waals surface area contributed by atoms with Crippen molar-refractivity contribution in [2.75, 3.05) is 18.5 Å². The standard InChI is InChI=1S/C14H18N6/c1-10-8-11(2)20(18-10)7-6-19(3)14-12-4-5-15-13(12)16-9-17-14/h4-5,8-9H,6-7H2,1-3H3,(H,15,16,17). The first-order chi connectivity index (χ1) is 9.65. The number of hydrogen-bond acceptors (Lipinski definition) is 4. The van der Waals surface area contributed by atoms with Gasteiger partial charge in [0.1, 0.15) is 17.8 Å². The van der Waals surface area contributed by atoms with Crippen LogP contribution in [-0.2, 0) is 6.54 Å². The molecule has 3 aromatic heterocycles. The minimum atomic E-state index is 0.839. The van der Waals surface area contributed by atoms with Crippen molar-refractivity contribution >= 4 is 16.9 Å². The average molecular weight is 270 g/mol. The largest absolute Gasteiger partial charge is 0.357 e. The topological polar surface area (TPSA) is 62.6 Å². The summed E-state index contributed by atoms with van der Waals surface area (Å²) < 4.78 is 2.03. The summed E-state index contributed by atoms with van der Waals surface area (Å²) in [5.74, 6) is 0.942. The van der Waals surface area contributed by atoms with Crippen LogP contribution in [0.2, 0.25) is 0 Å². The van der Waals surface area contributed by atoms with Crippen LogP contribution in [0.5, 0.6) is 0 Å². The number of aryl methyl sites for hydroxylation is 2. The van der Waals surface area contributed by atoms with E-state index in [0.717, 1.165) is 35.6 Å². The van der Waals surface area contributed by atoms with E-state index in [1.54, 1.807) is 6.33 Å². The van der Waals surface area contributed by atoms with Crippen molar-refractivity contribution in [3.63, 3.8) is 0 Å². The molecule has 6 nitrogen and oxygen atoms in total. The van der Waals surface area contributed by atoms with Crippen molar-refractivity contribution in [2.45, 2.75) is 20.4 Å². The second-order valence-electron chi connectivity index (χ2n) is 5.01. The summed E-state index contributed by atoms with van der Waals surface area (Å²) in [7, 11) is 2.04. The number of aromatic amines is 1. The normalized spacial score (nSPS) is 11.2. The summed E-state index contributed by atoms with van der Waals surface area (Å²) >= 11 is 0. The smallest absolute Gasteiger partial charge is 0.142 e. The zero-order chi connectivity index (χ0) is 14.1. The van der Waals surface area contributed by atoms with Gasteiger partial charge >= 0.3 is 0 Å². The Bertz CT molecular complexity index is 726. The van der Waals surface area contributed by atoms with Gasteiger partial charge in [-0.25, -0.2) is 9.97 Å². The summed E-state index contributed by atoms with van der Waals surface area (Å²) in [6, 6.07) is 4.10. The second kappa shape index (κ2) is 4.96. The zero-order valence-corrected chi connectivity index (χ0v) is 12.0. The van der Waals surface area contributed by atoms with E-state index in [-0.39, 0.29) is 0 Å². The van der Waals surface area contributed by atoms with Gasteiger partial charge in [-0.05, 0) is 26.0 Å². The van der Waals surface area contributed by atoms with Gasteiger partial charge in [-0.2, -0.15) is 5.10 Å². The van der Waals surface area contributed by atoms with E-state index in [1.807, 2.05) is 30.9 Å². The van der Waals surface area contributed by atoms with E-state index in [4.69, 9.17) is 0 Å². The van der Waals surface area contributed by atoms with Gasteiger partial charge in [0.15, 0.2) is 0 Å². The highest BCUT2D eigenvalue weighted by atomic mass is 15.3. The molecular formula is C14H18N6. The summed E-state index contributed by atoms with van der Waals surface area (Å²) in [6.07, 6.45) is 3.48. The van der Waals surface area contributed by atoms with Gasteiger partial charge in [0.25, 0.3) is 0 Å². The molecule has 0 fully saturated rings. The van der Waals surface area contributed by atoms with E-state index in [0.29, 0.717) is 0 Å². The fraction of sp³-hybridized carbons (Fsp3) is 0.357. The first-order valence-electron chi connectivity index (χ1n) is 6.65. The minimum Gasteiger partial charge on any atom is -0.357 e. The molecule has 3 heterocycles. The van der Waals surface area contributed by atoms with E-state index in [9.17, 15) is 0 Å². The van der Waals surface area contributed by atoms with E-state index < -0.39 is 0 Å². The number of hydrogen-bond donors (Lipinski definition) is 1. The van der Waals surface area contributed by atoms with E-state index >= 15 is 0 Å². The van der Waals surface area contributed by atoms with Crippen LogP contribution in [0, 0.1) is 13.8 Å². The minimum absolute atomic E-state index is 0.839. The molecule has 104 valence electrons. The van der Waals surface area contributed by atoms with Crippen LogP contribution in [0.4, 0.5) is 5.82 Å². The highest BCUT2D eigenvalue weighted by Crippen LogP contribution is 2.20. The monoisotopic (exact) mass is 270 g/mol. The fourth-order valence-corrected chi connectivity index (χ4v) is 2.41. The molecule has 0 bridgehead atoms. The second-order valence-corrected chi connectivity index (χ2v) is 5.01. The van der Waals surface area contributed by atoms with Crippen LogP contribution in [0.3, 0.4) is 0 Å². The molecule has 3 rings (SSSR count). The highest BCUT2D eigenvalue weighted by Gasteiger charge is 2.10. The number of likely N-dealkylation sites (N-methyl/N-ethyl adjacent to an activating group) is 1. The maximum Gasteiger partial charge on any atom is 0.142 e. The lowest BCUT2D eigenvalue weighted by molar-refractivity contribution is 0.591. The Balaban J connectivity index is 1.78. The molecule has 0 amide bonds. The van der Waals surface area contributed by atoms with Gasteiger partial charge in [0.05, 0.1) is 17.6 Å². The number of aromatic nitrogens is 5. The van der Waals surface area contributed by atoms with Crippen LogP contribution in [0.1, 0.15) is 11.4 Å². The summed E-state index contributed by atoms with van der Waals surface area (Å²) in [6.45, 7) is 5.78. The van der Waals surface area contributed by atoms with Gasteiger partial charge in [0, 0.05) is 25.5 Å². The maximum absolute atomic E-state index is 4.48. The molecular weight excluding hydrogens is 252 g/mol. The molecule has 0 saturated heterocycles. The number of anilines is 1. The lowest BCUT2D eigenvalue weighted by Gasteiger charge is -2.19. The molecule has 0 radical (unpaired) electrons. The third-order valence-electron chi connectivity index (χ3n) is 3.45. The Kier molecular flexibility index (Phi) is 3.14. The van der Waals surface area contributed by atoms with Crippen molar-refractivity contribution in [2.24, 2.45) is 0 Å². The molecule has 0 spiro atoms. The zero-order valence-electron chi connectivity index (χ0n) is 12.0. The van der Waals surface area contributed by atoms with Gasteiger partial charge in [-0.15, -0.1) is 0 Å². The third-order valence-corrected chi connectivity index (χ3v) is 3.45. The molecule has 1 N–H and O–H groups in total. The van der Waals surface area contributed by atoms with Gasteiger partial charge in [-0.1, -0.05) is 0 Å². The molecule has 0 aliphatic heterocycles. The predicted molar refractivity (Wildman–Crippen MR) is 78.9 cm³/mol. The molecule has 20 heavy (non-hydrogen) atoms. The molecule has 0 aromatic carbocycles. The number of H-pyrrole nitrogens is 1. The highest BCUT2D eigenvalue weighted by molar-refractivity contribution is 5.87. The lowest BCUT2D eigenvalue weighted by atomic mass is 10.3. The molecule has 0 aliphatic rings. The third kappa shape index (κ3) is 2.24. The number of nitrogens with one attached hydrogen (secondary N) is 1. The van der Waals surface area contributed by atoms with Gasteiger partial charge in [-0.3, -0.25) is 4.68 Å². The lowest BCUT2D eigenvalue weighted by Crippen LogP contribution is -2.24. The Morgan fingerprint density at radius 2 is 2.15 bits per heavy atom.